The number of nitrogens with zero attached hydrogens (tertiary/aromatic N) is 1. The van der Waals surface area contributed by atoms with E-state index in [1.165, 1.54) is 4.90 Å². The molecule has 3 unspecified atom stereocenters. The number of carboxylic acids is 1. The number of hydrogen-bond acceptors (Lipinski definition) is 3. The SMILES string of the molecule is CCCC1CCC(C(=O)O)N1C(=O)C(N)CC. The third kappa shape index (κ3) is 2.97. The summed E-state index contributed by atoms with van der Waals surface area (Å²) in [5, 5.41) is 9.14. The van der Waals surface area contributed by atoms with Gasteiger partial charge in [0.2, 0.25) is 5.91 Å². The minimum Gasteiger partial charge on any atom is -0.480 e. The van der Waals surface area contributed by atoms with E-state index in [-0.39, 0.29) is 11.9 Å². The molecule has 0 aliphatic carbocycles. The van der Waals surface area contributed by atoms with Gasteiger partial charge in [0.05, 0.1) is 6.04 Å². The molecule has 0 saturated carbocycles. The molecule has 5 heteroatoms. The van der Waals surface area contributed by atoms with E-state index in [1.54, 1.807) is 0 Å². The fraction of sp³-hybridized carbons (Fsp3) is 0.833. The Kier molecular flexibility index (Phi) is 4.93. The number of carbonyl (C=O) groups excluding carboxylic acids is 1. The Bertz CT molecular complexity index is 293. The second-order valence-electron chi connectivity index (χ2n) is 4.63. The van der Waals surface area contributed by atoms with Gasteiger partial charge >= 0.3 is 5.97 Å². The van der Waals surface area contributed by atoms with Crippen LogP contribution in [0.15, 0.2) is 0 Å². The lowest BCUT2D eigenvalue weighted by Gasteiger charge is -2.30. The highest BCUT2D eigenvalue weighted by Gasteiger charge is 2.41. The Morgan fingerprint density at radius 2 is 2.06 bits per heavy atom. The number of aliphatic carboxylic acids is 1. The fourth-order valence-electron chi connectivity index (χ4n) is 2.44. The summed E-state index contributed by atoms with van der Waals surface area (Å²) in [6.07, 6.45) is 3.66. The normalized spacial score (nSPS) is 25.9. The van der Waals surface area contributed by atoms with Crippen molar-refractivity contribution >= 4 is 11.9 Å². The summed E-state index contributed by atoms with van der Waals surface area (Å²) >= 11 is 0. The van der Waals surface area contributed by atoms with Crippen molar-refractivity contribution in [3.8, 4) is 0 Å². The molecule has 0 aromatic rings. The van der Waals surface area contributed by atoms with Gasteiger partial charge in [0.15, 0.2) is 0 Å². The molecule has 3 N–H and O–H groups in total. The molecule has 17 heavy (non-hydrogen) atoms. The summed E-state index contributed by atoms with van der Waals surface area (Å²) in [5.41, 5.74) is 5.73. The van der Waals surface area contributed by atoms with E-state index in [9.17, 15) is 9.59 Å². The van der Waals surface area contributed by atoms with Gasteiger partial charge in [-0.15, -0.1) is 0 Å². The van der Waals surface area contributed by atoms with E-state index in [0.29, 0.717) is 12.8 Å². The van der Waals surface area contributed by atoms with Crippen molar-refractivity contribution < 1.29 is 14.7 Å². The molecule has 0 radical (unpaired) electrons. The molecule has 1 fully saturated rings. The summed E-state index contributed by atoms with van der Waals surface area (Å²) in [6, 6.07) is -1.21. The molecule has 1 rings (SSSR count). The predicted octanol–water partition coefficient (Wildman–Crippen LogP) is 0.968. The highest BCUT2D eigenvalue weighted by atomic mass is 16.4. The molecule has 1 heterocycles. The molecule has 0 aromatic carbocycles. The first kappa shape index (κ1) is 14.0. The Balaban J connectivity index is 2.85. The third-order valence-corrected chi connectivity index (χ3v) is 3.42. The van der Waals surface area contributed by atoms with Crippen molar-refractivity contribution in [3.63, 3.8) is 0 Å². The van der Waals surface area contributed by atoms with E-state index >= 15 is 0 Å². The maximum Gasteiger partial charge on any atom is 0.326 e. The van der Waals surface area contributed by atoms with Gasteiger partial charge in [-0.25, -0.2) is 4.79 Å². The molecule has 1 aliphatic heterocycles. The molecule has 1 saturated heterocycles. The van der Waals surface area contributed by atoms with Crippen molar-refractivity contribution in [2.75, 3.05) is 0 Å². The summed E-state index contributed by atoms with van der Waals surface area (Å²) in [5.74, 6) is -1.13. The number of hydrogen-bond donors (Lipinski definition) is 2. The summed E-state index contributed by atoms with van der Waals surface area (Å²) in [7, 11) is 0. The predicted molar refractivity (Wildman–Crippen MR) is 64.5 cm³/mol. The molecule has 1 aliphatic rings. The Labute approximate surface area is 102 Å². The number of carboxylic acid groups (broad SMARTS) is 1. The van der Waals surface area contributed by atoms with Crippen LogP contribution in [0.2, 0.25) is 0 Å². The van der Waals surface area contributed by atoms with Gasteiger partial charge in [-0.1, -0.05) is 20.3 Å². The maximum atomic E-state index is 12.1. The molecule has 1 amide bonds. The van der Waals surface area contributed by atoms with Crippen LogP contribution in [0, 0.1) is 0 Å². The number of likely N-dealkylation sites (tertiary alicyclic amines) is 1. The average Bonchev–Trinajstić information content (AvgIpc) is 2.71. The molecule has 3 atom stereocenters. The average molecular weight is 242 g/mol. The van der Waals surface area contributed by atoms with Crippen LogP contribution in [-0.4, -0.2) is 40.0 Å². The highest BCUT2D eigenvalue weighted by molar-refractivity contribution is 5.87. The van der Waals surface area contributed by atoms with E-state index in [1.807, 2.05) is 13.8 Å². The Morgan fingerprint density at radius 3 is 2.53 bits per heavy atom. The van der Waals surface area contributed by atoms with Crippen LogP contribution in [0.3, 0.4) is 0 Å². The summed E-state index contributed by atoms with van der Waals surface area (Å²) in [4.78, 5) is 24.8. The standard InChI is InChI=1S/C12H22N2O3/c1-3-5-8-6-7-10(12(16)17)14(8)11(15)9(13)4-2/h8-10H,3-7,13H2,1-2H3,(H,16,17). The maximum absolute atomic E-state index is 12.1. The molecular weight excluding hydrogens is 220 g/mol. The lowest BCUT2D eigenvalue weighted by Crippen LogP contribution is -2.51. The van der Waals surface area contributed by atoms with Crippen molar-refractivity contribution in [1.29, 1.82) is 0 Å². The van der Waals surface area contributed by atoms with Crippen molar-refractivity contribution in [2.45, 2.75) is 64.1 Å². The second-order valence-corrected chi connectivity index (χ2v) is 4.63. The summed E-state index contributed by atoms with van der Waals surface area (Å²) in [6.45, 7) is 3.87. The van der Waals surface area contributed by atoms with Crippen LogP contribution in [-0.2, 0) is 9.59 Å². The Morgan fingerprint density at radius 1 is 1.41 bits per heavy atom. The van der Waals surface area contributed by atoms with E-state index in [0.717, 1.165) is 19.3 Å². The number of rotatable bonds is 5. The van der Waals surface area contributed by atoms with Gasteiger partial charge in [-0.2, -0.15) is 0 Å². The van der Waals surface area contributed by atoms with Gasteiger partial charge in [0.25, 0.3) is 0 Å². The molecule has 0 spiro atoms. The lowest BCUT2D eigenvalue weighted by atomic mass is 10.1. The van der Waals surface area contributed by atoms with Crippen molar-refractivity contribution in [3.05, 3.63) is 0 Å². The molecule has 5 nitrogen and oxygen atoms in total. The highest BCUT2D eigenvalue weighted by Crippen LogP contribution is 2.28. The zero-order chi connectivity index (χ0) is 13.0. The fourth-order valence-corrected chi connectivity index (χ4v) is 2.44. The van der Waals surface area contributed by atoms with Crippen LogP contribution in [0.4, 0.5) is 0 Å². The van der Waals surface area contributed by atoms with E-state index in [4.69, 9.17) is 10.8 Å². The van der Waals surface area contributed by atoms with Crippen molar-refractivity contribution in [1.82, 2.24) is 4.90 Å². The first-order chi connectivity index (χ1) is 8.02. The minimum absolute atomic E-state index is 0.0474. The summed E-state index contributed by atoms with van der Waals surface area (Å²) < 4.78 is 0. The van der Waals surface area contributed by atoms with Gasteiger partial charge in [-0.05, 0) is 25.7 Å². The van der Waals surface area contributed by atoms with Gasteiger partial charge in [0.1, 0.15) is 6.04 Å². The van der Waals surface area contributed by atoms with Crippen LogP contribution in [0.25, 0.3) is 0 Å². The van der Waals surface area contributed by atoms with Crippen LogP contribution in [0.1, 0.15) is 46.0 Å². The van der Waals surface area contributed by atoms with E-state index < -0.39 is 18.1 Å². The van der Waals surface area contributed by atoms with Crippen LogP contribution in [0.5, 0.6) is 0 Å². The second kappa shape index (κ2) is 6.00. The van der Waals surface area contributed by atoms with E-state index in [2.05, 4.69) is 0 Å². The molecular formula is C12H22N2O3. The molecule has 0 aromatic heterocycles. The molecule has 98 valence electrons. The molecule has 0 bridgehead atoms. The first-order valence-corrected chi connectivity index (χ1v) is 6.33. The zero-order valence-corrected chi connectivity index (χ0v) is 10.6. The minimum atomic E-state index is -0.916. The van der Waals surface area contributed by atoms with Gasteiger partial charge in [-0.3, -0.25) is 4.79 Å². The zero-order valence-electron chi connectivity index (χ0n) is 10.6. The smallest absolute Gasteiger partial charge is 0.326 e. The van der Waals surface area contributed by atoms with Gasteiger partial charge < -0.3 is 15.7 Å². The first-order valence-electron chi connectivity index (χ1n) is 6.33. The van der Waals surface area contributed by atoms with Crippen molar-refractivity contribution in [2.24, 2.45) is 5.73 Å². The lowest BCUT2D eigenvalue weighted by molar-refractivity contribution is -0.150. The number of carbonyl (C=O) groups is 2. The van der Waals surface area contributed by atoms with Crippen LogP contribution >= 0.6 is 0 Å². The monoisotopic (exact) mass is 242 g/mol. The van der Waals surface area contributed by atoms with Crippen LogP contribution < -0.4 is 5.73 Å². The number of nitrogens with two attached hydrogens (primary N) is 1. The van der Waals surface area contributed by atoms with Gasteiger partial charge in [0, 0.05) is 6.04 Å². The third-order valence-electron chi connectivity index (χ3n) is 3.42. The topological polar surface area (TPSA) is 83.6 Å². The largest absolute Gasteiger partial charge is 0.480 e. The quantitative estimate of drug-likeness (QED) is 0.752. The Hall–Kier alpha value is -1.10. The number of amides is 1.